The lowest BCUT2D eigenvalue weighted by Crippen LogP contribution is -2.24. The third-order valence-electron chi connectivity index (χ3n) is 1.21. The second-order valence-electron chi connectivity index (χ2n) is 1.82. The second kappa shape index (κ2) is 2.85. The molecule has 0 radical (unpaired) electrons. The van der Waals surface area contributed by atoms with Gasteiger partial charge in [-0.2, -0.15) is 0 Å². The van der Waals surface area contributed by atoms with Crippen molar-refractivity contribution in [2.24, 2.45) is 0 Å². The van der Waals surface area contributed by atoms with E-state index in [2.05, 4.69) is 0 Å². The summed E-state index contributed by atoms with van der Waals surface area (Å²) in [6.07, 6.45) is 0.889. The highest BCUT2D eigenvalue weighted by atomic mass is 16.2. The fraction of sp³-hybridized carbons (Fsp3) is 0. The molecule has 0 aliphatic carbocycles. The number of benzene rings is 1. The van der Waals surface area contributed by atoms with Gasteiger partial charge in [0.1, 0.15) is 5.94 Å². The average Bonchev–Trinajstić information content (AvgIpc) is 2.04. The van der Waals surface area contributed by atoms with Crippen LogP contribution in [-0.4, -0.2) is 11.0 Å². The van der Waals surface area contributed by atoms with Gasteiger partial charge in [-0.25, -0.2) is 4.79 Å². The molecule has 0 aliphatic rings. The van der Waals surface area contributed by atoms with Gasteiger partial charge in [0.15, 0.2) is 0 Å². The number of hydrogen-bond donors (Lipinski definition) is 1. The maximum Gasteiger partial charge on any atom is 0.133 e. The van der Waals surface area contributed by atoms with Gasteiger partial charge < -0.3 is 5.11 Å². The highest BCUT2D eigenvalue weighted by molar-refractivity contribution is 5.46. The SMILES string of the molecule is O=C=c1cccc/c1=C\O. The molecule has 0 saturated carbocycles. The molecule has 1 rings (SSSR count). The zero-order valence-corrected chi connectivity index (χ0v) is 5.24. The lowest BCUT2D eigenvalue weighted by Gasteiger charge is -1.80. The molecule has 1 N–H and O–H groups in total. The van der Waals surface area contributed by atoms with E-state index in [9.17, 15) is 4.79 Å². The van der Waals surface area contributed by atoms with Crippen LogP contribution < -0.4 is 10.4 Å². The van der Waals surface area contributed by atoms with Crippen LogP contribution in [0, 0.1) is 0 Å². The summed E-state index contributed by atoms with van der Waals surface area (Å²) in [6.45, 7) is 0. The van der Waals surface area contributed by atoms with Crippen LogP contribution in [0.4, 0.5) is 0 Å². The fourth-order valence-electron chi connectivity index (χ4n) is 0.703. The van der Waals surface area contributed by atoms with Crippen molar-refractivity contribution in [3.05, 3.63) is 34.7 Å². The summed E-state index contributed by atoms with van der Waals surface area (Å²) in [6, 6.07) is 6.69. The first-order valence-electron chi connectivity index (χ1n) is 2.83. The predicted molar refractivity (Wildman–Crippen MR) is 37.6 cm³/mol. The summed E-state index contributed by atoms with van der Waals surface area (Å²) < 4.78 is 0. The molecule has 0 heterocycles. The minimum absolute atomic E-state index is 0.380. The first kappa shape index (κ1) is 6.59. The minimum atomic E-state index is 0.380. The van der Waals surface area contributed by atoms with Crippen LogP contribution in [-0.2, 0) is 4.79 Å². The quantitative estimate of drug-likeness (QED) is 0.518. The van der Waals surface area contributed by atoms with Gasteiger partial charge in [-0.1, -0.05) is 18.2 Å². The Kier molecular flexibility index (Phi) is 1.88. The molecular formula is C8H6O2. The minimum Gasteiger partial charge on any atom is -0.515 e. The van der Waals surface area contributed by atoms with E-state index in [-0.39, 0.29) is 0 Å². The number of rotatable bonds is 0. The summed E-state index contributed by atoms with van der Waals surface area (Å²) >= 11 is 0. The molecule has 0 unspecified atom stereocenters. The first-order chi connectivity index (χ1) is 4.88. The molecule has 0 aliphatic heterocycles. The molecule has 0 aromatic heterocycles. The predicted octanol–water partition coefficient (Wildman–Crippen LogP) is -0.514. The molecule has 50 valence electrons. The van der Waals surface area contributed by atoms with Crippen molar-refractivity contribution in [2.75, 3.05) is 0 Å². The van der Waals surface area contributed by atoms with Crippen molar-refractivity contribution in [3.8, 4) is 0 Å². The topological polar surface area (TPSA) is 37.3 Å². The van der Waals surface area contributed by atoms with Gasteiger partial charge in [-0.15, -0.1) is 0 Å². The van der Waals surface area contributed by atoms with Crippen LogP contribution in [0.3, 0.4) is 0 Å². The standard InChI is InChI=1S/C8H6O2/c9-5-7-3-1-2-4-8(7)6-10/h1-5,9H/b7-5+. The number of hydrogen-bond acceptors (Lipinski definition) is 2. The third kappa shape index (κ3) is 1.07. The largest absolute Gasteiger partial charge is 0.515 e. The summed E-state index contributed by atoms with van der Waals surface area (Å²) in [5, 5.41) is 9.42. The lowest BCUT2D eigenvalue weighted by molar-refractivity contribution is 0.539. The Bertz CT molecular complexity index is 348. The van der Waals surface area contributed by atoms with E-state index in [0.29, 0.717) is 10.4 Å². The van der Waals surface area contributed by atoms with E-state index in [0.717, 1.165) is 6.26 Å². The summed E-state index contributed by atoms with van der Waals surface area (Å²) in [7, 11) is 0. The fourth-order valence-corrected chi connectivity index (χ4v) is 0.703. The van der Waals surface area contributed by atoms with Crippen molar-refractivity contribution in [1.82, 2.24) is 0 Å². The Morgan fingerprint density at radius 1 is 1.40 bits per heavy atom. The van der Waals surface area contributed by atoms with Gasteiger partial charge in [-0.3, -0.25) is 0 Å². The van der Waals surface area contributed by atoms with Gasteiger partial charge in [0.05, 0.1) is 11.5 Å². The monoisotopic (exact) mass is 134 g/mol. The van der Waals surface area contributed by atoms with Crippen LogP contribution >= 0.6 is 0 Å². The molecule has 1 aromatic carbocycles. The van der Waals surface area contributed by atoms with Crippen molar-refractivity contribution in [1.29, 1.82) is 0 Å². The molecule has 0 fully saturated rings. The van der Waals surface area contributed by atoms with E-state index in [4.69, 9.17) is 5.11 Å². The van der Waals surface area contributed by atoms with Gasteiger partial charge >= 0.3 is 0 Å². The Balaban J connectivity index is 3.70. The number of aliphatic hydroxyl groups is 1. The average molecular weight is 134 g/mol. The molecule has 0 spiro atoms. The van der Waals surface area contributed by atoms with Gasteiger partial charge in [0.25, 0.3) is 0 Å². The zero-order valence-electron chi connectivity index (χ0n) is 5.24. The molecule has 0 bridgehead atoms. The van der Waals surface area contributed by atoms with E-state index >= 15 is 0 Å². The molecule has 2 heteroatoms. The Morgan fingerprint density at radius 2 is 2.10 bits per heavy atom. The summed E-state index contributed by atoms with van der Waals surface area (Å²) in [4.78, 5) is 10.1. The first-order valence-corrected chi connectivity index (χ1v) is 2.83. The lowest BCUT2D eigenvalue weighted by atomic mass is 10.3. The van der Waals surface area contributed by atoms with E-state index in [1.54, 1.807) is 30.2 Å². The van der Waals surface area contributed by atoms with Crippen LogP contribution in [0.2, 0.25) is 0 Å². The van der Waals surface area contributed by atoms with Gasteiger partial charge in [-0.05, 0) is 6.07 Å². The van der Waals surface area contributed by atoms with Crippen molar-refractivity contribution in [2.45, 2.75) is 0 Å². The number of aliphatic hydroxyl groups excluding tert-OH is 1. The normalized spacial score (nSPS) is 11.0. The molecule has 2 nitrogen and oxygen atoms in total. The van der Waals surface area contributed by atoms with Gasteiger partial charge in [0, 0.05) is 5.22 Å². The van der Waals surface area contributed by atoms with Crippen LogP contribution in [0.1, 0.15) is 0 Å². The van der Waals surface area contributed by atoms with E-state index in [1.807, 2.05) is 0 Å². The molecular weight excluding hydrogens is 128 g/mol. The molecule has 0 amide bonds. The maximum absolute atomic E-state index is 10.1. The van der Waals surface area contributed by atoms with Crippen LogP contribution in [0.5, 0.6) is 0 Å². The zero-order chi connectivity index (χ0) is 7.40. The Morgan fingerprint density at radius 3 is 2.60 bits per heavy atom. The van der Waals surface area contributed by atoms with Crippen molar-refractivity contribution < 1.29 is 9.90 Å². The Labute approximate surface area is 57.7 Å². The van der Waals surface area contributed by atoms with Crippen molar-refractivity contribution in [3.63, 3.8) is 0 Å². The highest BCUT2D eigenvalue weighted by Gasteiger charge is 1.80. The van der Waals surface area contributed by atoms with E-state index < -0.39 is 0 Å². The summed E-state index contributed by atoms with van der Waals surface area (Å²) in [5.41, 5.74) is 0. The highest BCUT2D eigenvalue weighted by Crippen LogP contribution is 1.67. The third-order valence-corrected chi connectivity index (χ3v) is 1.21. The molecule has 0 atom stereocenters. The number of carbonyl (C=O) groups excluding carboxylic acids is 1. The molecule has 0 saturated heterocycles. The Hall–Kier alpha value is -1.53. The molecule has 10 heavy (non-hydrogen) atoms. The molecule has 1 aromatic rings. The smallest absolute Gasteiger partial charge is 0.133 e. The maximum atomic E-state index is 10.1. The van der Waals surface area contributed by atoms with E-state index in [1.165, 1.54) is 0 Å². The van der Waals surface area contributed by atoms with Crippen LogP contribution in [0.25, 0.3) is 6.26 Å². The second-order valence-corrected chi connectivity index (χ2v) is 1.82. The van der Waals surface area contributed by atoms with Gasteiger partial charge in [0.2, 0.25) is 0 Å². The van der Waals surface area contributed by atoms with Crippen molar-refractivity contribution >= 4 is 12.2 Å². The summed E-state index contributed by atoms with van der Waals surface area (Å²) in [5.74, 6) is 1.71. The van der Waals surface area contributed by atoms with Crippen LogP contribution in [0.15, 0.2) is 24.3 Å².